The Balaban J connectivity index is 2.59. The zero-order valence-electron chi connectivity index (χ0n) is 32.2. The Kier molecular flexibility index (Phi) is 27.8. The molecule has 53 heavy (non-hydrogen) atoms. The summed E-state index contributed by atoms with van der Waals surface area (Å²) in [5, 5.41) is 73.9. The highest BCUT2D eigenvalue weighted by molar-refractivity contribution is 7.47. The lowest BCUT2D eigenvalue weighted by Crippen LogP contribution is -2.64. The van der Waals surface area contributed by atoms with Crippen molar-refractivity contribution in [3.8, 4) is 0 Å². The van der Waals surface area contributed by atoms with Crippen LogP contribution in [0, 0.1) is 0 Å². The Bertz CT molecular complexity index is 1060. The minimum atomic E-state index is -5.13. The molecule has 8 unspecified atom stereocenters. The monoisotopic (exact) mass is 777 g/mol. The Morgan fingerprint density at radius 3 is 1.74 bits per heavy atom. The van der Waals surface area contributed by atoms with Crippen LogP contribution in [0.3, 0.4) is 0 Å². The van der Waals surface area contributed by atoms with E-state index in [0.717, 1.165) is 83.5 Å². The second-order valence-corrected chi connectivity index (χ2v) is 15.7. The number of hydrogen-bond acceptors (Lipinski definition) is 11. The van der Waals surface area contributed by atoms with Crippen LogP contribution < -0.4 is 5.32 Å². The molecule has 1 amide bonds. The molecule has 0 saturated heterocycles. The van der Waals surface area contributed by atoms with E-state index in [1.807, 2.05) is 0 Å². The van der Waals surface area contributed by atoms with E-state index in [1.54, 1.807) is 6.08 Å². The van der Waals surface area contributed by atoms with Crippen molar-refractivity contribution in [2.24, 2.45) is 0 Å². The van der Waals surface area contributed by atoms with Gasteiger partial charge in [0, 0.05) is 0 Å². The fraction of sp³-hybridized carbons (Fsp3) is 0.821. The molecular formula is C39H72NO12P. The molecule has 0 heterocycles. The quantitative estimate of drug-likeness (QED) is 0.0257. The summed E-state index contributed by atoms with van der Waals surface area (Å²) < 4.78 is 22.7. The number of phosphoric acid groups is 1. The summed E-state index contributed by atoms with van der Waals surface area (Å²) in [5.74, 6) is -0.607. The number of aliphatic hydroxyl groups is 7. The van der Waals surface area contributed by atoms with Gasteiger partial charge < -0.3 is 46.0 Å². The van der Waals surface area contributed by atoms with E-state index in [1.165, 1.54) is 31.8 Å². The third kappa shape index (κ3) is 22.6. The average molecular weight is 778 g/mol. The molecule has 1 aliphatic carbocycles. The van der Waals surface area contributed by atoms with Crippen LogP contribution >= 0.6 is 7.82 Å². The molecule has 9 N–H and O–H groups in total. The number of aliphatic hydroxyl groups excluding tert-OH is 7. The summed E-state index contributed by atoms with van der Waals surface area (Å²) >= 11 is 0. The minimum absolute atomic E-state index is 0.256. The topological polar surface area (TPSA) is 226 Å². The zero-order chi connectivity index (χ0) is 39.5. The molecule has 14 heteroatoms. The Morgan fingerprint density at radius 2 is 1.15 bits per heavy atom. The molecule has 1 aliphatic rings. The van der Waals surface area contributed by atoms with Crippen molar-refractivity contribution in [3.05, 3.63) is 36.5 Å². The molecule has 1 fully saturated rings. The lowest BCUT2D eigenvalue weighted by Gasteiger charge is -2.41. The fourth-order valence-corrected chi connectivity index (χ4v) is 7.06. The molecule has 310 valence electrons. The molecule has 0 aromatic carbocycles. The second kappa shape index (κ2) is 29.8. The molecule has 0 aliphatic heterocycles. The zero-order valence-corrected chi connectivity index (χ0v) is 33.1. The van der Waals surface area contributed by atoms with Crippen LogP contribution in [0.2, 0.25) is 0 Å². The van der Waals surface area contributed by atoms with Gasteiger partial charge in [0.25, 0.3) is 0 Å². The lowest BCUT2D eigenvalue weighted by molar-refractivity contribution is -0.220. The highest BCUT2D eigenvalue weighted by Gasteiger charge is 2.51. The van der Waals surface area contributed by atoms with Crippen LogP contribution in [-0.4, -0.2) is 108 Å². The number of allylic oxidation sites excluding steroid dienone is 5. The van der Waals surface area contributed by atoms with Crippen LogP contribution in [0.5, 0.6) is 0 Å². The van der Waals surface area contributed by atoms with Gasteiger partial charge in [0.2, 0.25) is 5.91 Å². The lowest BCUT2D eigenvalue weighted by atomic mass is 9.85. The molecule has 8 atom stereocenters. The number of hydrogen-bond donors (Lipinski definition) is 9. The maximum absolute atomic E-state index is 12.9. The summed E-state index contributed by atoms with van der Waals surface area (Å²) in [6, 6.07) is -1.24. The van der Waals surface area contributed by atoms with Gasteiger partial charge in [-0.1, -0.05) is 121 Å². The molecule has 0 radical (unpaired) electrons. The normalized spacial score (nSPS) is 25.2. The van der Waals surface area contributed by atoms with Gasteiger partial charge in [-0.2, -0.15) is 0 Å². The van der Waals surface area contributed by atoms with E-state index in [9.17, 15) is 50.0 Å². The molecule has 0 aromatic rings. The summed E-state index contributed by atoms with van der Waals surface area (Å²) in [5.41, 5.74) is 0. The summed E-state index contributed by atoms with van der Waals surface area (Å²) in [6.07, 6.45) is 17.0. The van der Waals surface area contributed by atoms with Crippen LogP contribution in [0.4, 0.5) is 0 Å². The van der Waals surface area contributed by atoms with E-state index in [2.05, 4.69) is 43.5 Å². The first kappa shape index (κ1) is 49.5. The third-order valence-electron chi connectivity index (χ3n) is 9.47. The van der Waals surface area contributed by atoms with Crippen molar-refractivity contribution in [3.63, 3.8) is 0 Å². The molecular weight excluding hydrogens is 705 g/mol. The van der Waals surface area contributed by atoms with Crippen molar-refractivity contribution in [1.82, 2.24) is 5.32 Å². The van der Waals surface area contributed by atoms with Crippen molar-refractivity contribution < 1.29 is 59.0 Å². The molecule has 13 nitrogen and oxygen atoms in total. The number of unbranched alkanes of at least 4 members (excludes halogenated alkanes) is 14. The first-order chi connectivity index (χ1) is 25.3. The summed E-state index contributed by atoms with van der Waals surface area (Å²) in [6.45, 7) is 3.61. The number of nitrogens with one attached hydrogen (secondary N) is 1. The van der Waals surface area contributed by atoms with Gasteiger partial charge in [-0.15, -0.1) is 0 Å². The highest BCUT2D eigenvalue weighted by atomic mass is 31.2. The third-order valence-corrected chi connectivity index (χ3v) is 10.5. The first-order valence-electron chi connectivity index (χ1n) is 20.0. The number of carbonyl (C=O) groups excluding carboxylic acids is 1. The maximum Gasteiger partial charge on any atom is 0.472 e. The fourth-order valence-electron chi connectivity index (χ4n) is 6.09. The SMILES string of the molecule is CCCCC/C=C\C/C=C\CCCCCCCC(O)CC(=O)NC(COP(=O)(O)OC1C(O)C(O)C(O)C(O)C1O)C(O)/C=C/CCCCCCCC. The Hall–Kier alpha value is -1.48. The highest BCUT2D eigenvalue weighted by Crippen LogP contribution is 2.47. The van der Waals surface area contributed by atoms with Crippen LogP contribution in [0.25, 0.3) is 0 Å². The van der Waals surface area contributed by atoms with E-state index >= 15 is 0 Å². The number of carbonyl (C=O) groups is 1. The average Bonchev–Trinajstić information content (AvgIpc) is 3.12. The Labute approximate surface area is 317 Å². The smallest absolute Gasteiger partial charge is 0.393 e. The van der Waals surface area contributed by atoms with Crippen LogP contribution in [-0.2, 0) is 18.4 Å². The van der Waals surface area contributed by atoms with Gasteiger partial charge in [0.15, 0.2) is 0 Å². The van der Waals surface area contributed by atoms with Crippen molar-refractivity contribution in [2.45, 2.75) is 197 Å². The van der Waals surface area contributed by atoms with E-state index in [-0.39, 0.29) is 6.42 Å². The predicted octanol–water partition coefficient (Wildman–Crippen LogP) is 5.02. The van der Waals surface area contributed by atoms with Gasteiger partial charge in [-0.3, -0.25) is 13.8 Å². The molecule has 0 bridgehead atoms. The first-order valence-corrected chi connectivity index (χ1v) is 21.5. The van der Waals surface area contributed by atoms with Gasteiger partial charge in [0.05, 0.1) is 31.3 Å². The Morgan fingerprint density at radius 1 is 0.679 bits per heavy atom. The maximum atomic E-state index is 12.9. The van der Waals surface area contributed by atoms with E-state index in [0.29, 0.717) is 12.8 Å². The predicted molar refractivity (Wildman–Crippen MR) is 206 cm³/mol. The summed E-state index contributed by atoms with van der Waals surface area (Å²) in [7, 11) is -5.13. The standard InChI is InChI=1S/C39H72NO12P/c1-3-5-7-9-11-13-14-15-16-17-18-19-20-22-24-26-30(41)28-33(43)40-31(32(42)27-25-23-21-12-10-8-6-4-2)29-51-53(49,50)52-39-37(47)35(45)34(44)36(46)38(39)48/h11,13,15-16,25,27,30-32,34-39,41-42,44-48H,3-10,12,14,17-24,26,28-29H2,1-2H3,(H,40,43)(H,49,50)/b13-11-,16-15-,27-25+. The largest absolute Gasteiger partial charge is 0.472 e. The number of amides is 1. The van der Waals surface area contributed by atoms with Crippen molar-refractivity contribution in [2.75, 3.05) is 6.61 Å². The van der Waals surface area contributed by atoms with Gasteiger partial charge in [-0.25, -0.2) is 4.57 Å². The van der Waals surface area contributed by atoms with E-state index < -0.39 is 75.2 Å². The van der Waals surface area contributed by atoms with Gasteiger partial charge >= 0.3 is 7.82 Å². The molecule has 1 rings (SSSR count). The van der Waals surface area contributed by atoms with Crippen molar-refractivity contribution >= 4 is 13.7 Å². The van der Waals surface area contributed by atoms with E-state index in [4.69, 9.17) is 9.05 Å². The van der Waals surface area contributed by atoms with Crippen molar-refractivity contribution in [1.29, 1.82) is 0 Å². The molecule has 1 saturated carbocycles. The molecule has 0 spiro atoms. The van der Waals surface area contributed by atoms with Crippen LogP contribution in [0.15, 0.2) is 36.5 Å². The van der Waals surface area contributed by atoms with Gasteiger partial charge in [-0.05, 0) is 51.4 Å². The van der Waals surface area contributed by atoms with Crippen LogP contribution in [0.1, 0.15) is 142 Å². The summed E-state index contributed by atoms with van der Waals surface area (Å²) in [4.78, 5) is 23.2. The number of phosphoric ester groups is 1. The minimum Gasteiger partial charge on any atom is -0.393 e. The second-order valence-electron chi connectivity index (χ2n) is 14.3. The molecule has 0 aromatic heterocycles. The number of rotatable bonds is 31. The van der Waals surface area contributed by atoms with Gasteiger partial charge in [0.1, 0.15) is 36.6 Å².